The molecule has 13 heavy (non-hydrogen) atoms. The summed E-state index contributed by atoms with van der Waals surface area (Å²) in [6.07, 6.45) is 2.47. The highest BCUT2D eigenvalue weighted by atomic mass is 32.2. The summed E-state index contributed by atoms with van der Waals surface area (Å²) >= 11 is 0. The fraction of sp³-hybridized carbons (Fsp3) is 0.857. The zero-order chi connectivity index (χ0) is 10.3. The van der Waals surface area contributed by atoms with E-state index in [1.165, 1.54) is 4.90 Å². The van der Waals surface area contributed by atoms with Crippen LogP contribution in [0, 0.1) is 0 Å². The summed E-state index contributed by atoms with van der Waals surface area (Å²) in [6.45, 7) is 2.81. The molecule has 1 aliphatic heterocycles. The van der Waals surface area contributed by atoms with Gasteiger partial charge in [0.2, 0.25) is 0 Å². The third kappa shape index (κ3) is 7.73. The van der Waals surface area contributed by atoms with Crippen molar-refractivity contribution in [2.45, 2.75) is 0 Å². The van der Waals surface area contributed by atoms with Gasteiger partial charge in [-0.1, -0.05) is 0 Å². The summed E-state index contributed by atoms with van der Waals surface area (Å²) in [5.74, 6) is 0. The van der Waals surface area contributed by atoms with E-state index in [1.807, 2.05) is 0 Å². The minimum atomic E-state index is -0.809. The van der Waals surface area contributed by atoms with Crippen LogP contribution in [-0.4, -0.2) is 59.0 Å². The maximum Gasteiger partial charge on any atom is 0.407 e. The Bertz CT molecular complexity index is 177. The van der Waals surface area contributed by atoms with Crippen LogP contribution >= 0.6 is 0 Å². The molecular weight excluding hydrogens is 192 g/mol. The monoisotopic (exact) mass is 208 g/mol. The normalized spacial score (nSPS) is 16.4. The first-order chi connectivity index (χ1) is 6.04. The van der Waals surface area contributed by atoms with Gasteiger partial charge in [0.25, 0.3) is 0 Å². The van der Waals surface area contributed by atoms with Crippen LogP contribution in [0.4, 0.5) is 4.79 Å². The van der Waals surface area contributed by atoms with Gasteiger partial charge in [-0.2, -0.15) is 0 Å². The highest BCUT2D eigenvalue weighted by Gasteiger charge is 2.13. The fourth-order valence-electron chi connectivity index (χ4n) is 0.856. The Balaban J connectivity index is 0.000000310. The Morgan fingerprint density at radius 2 is 1.77 bits per heavy atom. The van der Waals surface area contributed by atoms with Gasteiger partial charge in [-0.3, -0.25) is 4.21 Å². The van der Waals surface area contributed by atoms with Gasteiger partial charge in [-0.15, -0.1) is 0 Å². The van der Waals surface area contributed by atoms with E-state index in [2.05, 4.69) is 5.32 Å². The van der Waals surface area contributed by atoms with E-state index in [0.29, 0.717) is 13.1 Å². The Morgan fingerprint density at radius 1 is 1.38 bits per heavy atom. The van der Waals surface area contributed by atoms with Crippen molar-refractivity contribution in [1.29, 1.82) is 0 Å². The lowest BCUT2D eigenvalue weighted by Gasteiger charge is -2.23. The van der Waals surface area contributed by atoms with Gasteiger partial charge >= 0.3 is 6.09 Å². The third-order valence-electron chi connectivity index (χ3n) is 1.39. The molecule has 1 amide bonds. The van der Waals surface area contributed by atoms with Crippen LogP contribution < -0.4 is 5.32 Å². The molecule has 0 saturated carbocycles. The van der Waals surface area contributed by atoms with E-state index in [4.69, 9.17) is 5.11 Å². The topological polar surface area (TPSA) is 69.6 Å². The van der Waals surface area contributed by atoms with Crippen LogP contribution in [0.2, 0.25) is 0 Å². The molecule has 1 rings (SSSR count). The van der Waals surface area contributed by atoms with E-state index in [-0.39, 0.29) is 0 Å². The summed E-state index contributed by atoms with van der Waals surface area (Å²) in [6, 6.07) is 0. The molecule has 1 aliphatic rings. The van der Waals surface area contributed by atoms with Gasteiger partial charge < -0.3 is 15.3 Å². The van der Waals surface area contributed by atoms with E-state index in [0.717, 1.165) is 13.1 Å². The molecule has 2 N–H and O–H groups in total. The van der Waals surface area contributed by atoms with E-state index in [1.54, 1.807) is 12.5 Å². The zero-order valence-electron chi connectivity index (χ0n) is 7.95. The largest absolute Gasteiger partial charge is 0.465 e. The third-order valence-corrected chi connectivity index (χ3v) is 1.39. The van der Waals surface area contributed by atoms with Crippen molar-refractivity contribution >= 4 is 16.9 Å². The first-order valence-corrected chi connectivity index (χ1v) is 5.94. The molecule has 1 saturated heterocycles. The minimum absolute atomic E-state index is 0.611. The molecule has 0 atom stereocenters. The van der Waals surface area contributed by atoms with Crippen LogP contribution in [0.25, 0.3) is 0 Å². The lowest BCUT2D eigenvalue weighted by atomic mass is 10.4. The summed E-state index contributed by atoms with van der Waals surface area (Å²) in [5.41, 5.74) is 0. The lowest BCUT2D eigenvalue weighted by Crippen LogP contribution is -2.45. The molecule has 1 fully saturated rings. The number of carboxylic acid groups (broad SMARTS) is 1. The standard InChI is InChI=1S/C5H10N2O2.C2H6OS/c8-5(9)7-3-1-6-2-4-7;1-4(2)3/h6H,1-4H2,(H,8,9);1-2H3. The van der Waals surface area contributed by atoms with Crippen molar-refractivity contribution in [3.8, 4) is 0 Å². The molecule has 6 heteroatoms. The average Bonchev–Trinajstić information content (AvgIpc) is 2.05. The summed E-state index contributed by atoms with van der Waals surface area (Å²) in [7, 11) is -0.611. The molecule has 0 spiro atoms. The second-order valence-electron chi connectivity index (χ2n) is 2.76. The predicted molar refractivity (Wildman–Crippen MR) is 52.5 cm³/mol. The Morgan fingerprint density at radius 3 is 2.00 bits per heavy atom. The molecule has 1 heterocycles. The summed E-state index contributed by atoms with van der Waals surface area (Å²) < 4.78 is 9.56. The van der Waals surface area contributed by atoms with Crippen molar-refractivity contribution in [1.82, 2.24) is 10.2 Å². The molecular formula is C7H16N2O3S. The number of carbonyl (C=O) groups is 1. The fourth-order valence-corrected chi connectivity index (χ4v) is 0.856. The minimum Gasteiger partial charge on any atom is -0.465 e. The quantitative estimate of drug-likeness (QED) is 0.566. The number of amides is 1. The number of nitrogens with zero attached hydrogens (tertiary/aromatic N) is 1. The van der Waals surface area contributed by atoms with Gasteiger partial charge in [-0.05, 0) is 0 Å². The number of piperazine rings is 1. The van der Waals surface area contributed by atoms with Crippen LogP contribution in [0.5, 0.6) is 0 Å². The lowest BCUT2D eigenvalue weighted by molar-refractivity contribution is 0.139. The SMILES string of the molecule is CS(C)=O.O=C(O)N1CCNCC1. The predicted octanol–water partition coefficient (Wildman–Crippen LogP) is -0.436. The van der Waals surface area contributed by atoms with Gasteiger partial charge in [0.1, 0.15) is 0 Å². The van der Waals surface area contributed by atoms with E-state index >= 15 is 0 Å². The number of rotatable bonds is 0. The zero-order valence-corrected chi connectivity index (χ0v) is 8.76. The van der Waals surface area contributed by atoms with Gasteiger partial charge in [0.05, 0.1) is 0 Å². The molecule has 0 aromatic carbocycles. The number of hydrogen-bond donors (Lipinski definition) is 2. The number of nitrogens with one attached hydrogen (secondary N) is 1. The maximum absolute atomic E-state index is 10.3. The molecule has 0 aromatic rings. The molecule has 0 radical (unpaired) electrons. The van der Waals surface area contributed by atoms with E-state index < -0.39 is 16.9 Å². The van der Waals surface area contributed by atoms with Crippen LogP contribution in [0.15, 0.2) is 0 Å². The molecule has 78 valence electrons. The Hall–Kier alpha value is -0.620. The van der Waals surface area contributed by atoms with Crippen LogP contribution in [0.1, 0.15) is 0 Å². The maximum atomic E-state index is 10.3. The van der Waals surface area contributed by atoms with E-state index in [9.17, 15) is 9.00 Å². The van der Waals surface area contributed by atoms with Crippen molar-refractivity contribution in [3.63, 3.8) is 0 Å². The molecule has 0 unspecified atom stereocenters. The number of hydrogen-bond acceptors (Lipinski definition) is 3. The smallest absolute Gasteiger partial charge is 0.407 e. The van der Waals surface area contributed by atoms with Crippen molar-refractivity contribution in [2.24, 2.45) is 0 Å². The average molecular weight is 208 g/mol. The van der Waals surface area contributed by atoms with Crippen molar-refractivity contribution in [3.05, 3.63) is 0 Å². The summed E-state index contributed by atoms with van der Waals surface area (Å²) in [5, 5.41) is 11.5. The Labute approximate surface area is 80.6 Å². The van der Waals surface area contributed by atoms with Gasteiger partial charge in [0, 0.05) is 49.5 Å². The van der Waals surface area contributed by atoms with Gasteiger partial charge in [-0.25, -0.2) is 4.79 Å². The summed E-state index contributed by atoms with van der Waals surface area (Å²) in [4.78, 5) is 11.7. The van der Waals surface area contributed by atoms with Crippen LogP contribution in [0.3, 0.4) is 0 Å². The van der Waals surface area contributed by atoms with Crippen LogP contribution in [-0.2, 0) is 10.8 Å². The van der Waals surface area contributed by atoms with Gasteiger partial charge in [0.15, 0.2) is 0 Å². The first-order valence-electron chi connectivity index (χ1n) is 3.97. The highest BCUT2D eigenvalue weighted by molar-refractivity contribution is 7.83. The highest BCUT2D eigenvalue weighted by Crippen LogP contribution is 1.90. The molecule has 0 bridgehead atoms. The second kappa shape index (κ2) is 6.85. The Kier molecular flexibility index (Phi) is 6.52. The van der Waals surface area contributed by atoms with Crippen molar-refractivity contribution in [2.75, 3.05) is 38.7 Å². The van der Waals surface area contributed by atoms with Crippen molar-refractivity contribution < 1.29 is 14.1 Å². The second-order valence-corrected chi connectivity index (χ2v) is 4.24. The molecule has 5 nitrogen and oxygen atoms in total. The first kappa shape index (κ1) is 12.4. The molecule has 0 aliphatic carbocycles. The molecule has 0 aromatic heterocycles.